The number of halogens is 2. The van der Waals surface area contributed by atoms with Gasteiger partial charge in [0.25, 0.3) is 5.91 Å². The van der Waals surface area contributed by atoms with Crippen LogP contribution in [0.2, 0.25) is 10.0 Å². The SMILES string of the molecule is COC(CNC(=O)c1cc(Cl)ccc1Cl)OC. The standard InChI is InChI=1S/C11H13Cl2NO3/c1-16-10(17-2)6-14-11(15)8-5-7(12)3-4-9(8)13/h3-5,10H,6H2,1-2H3,(H,14,15). The van der Waals surface area contributed by atoms with Gasteiger partial charge in [0.1, 0.15) is 0 Å². The molecule has 1 N–H and O–H groups in total. The van der Waals surface area contributed by atoms with Gasteiger partial charge in [0.2, 0.25) is 0 Å². The van der Waals surface area contributed by atoms with Crippen molar-refractivity contribution in [2.75, 3.05) is 20.8 Å². The first-order valence-corrected chi connectivity index (χ1v) is 5.63. The Hall–Kier alpha value is -0.810. The minimum Gasteiger partial charge on any atom is -0.354 e. The Bertz CT molecular complexity index is 394. The van der Waals surface area contributed by atoms with Crippen molar-refractivity contribution in [3.05, 3.63) is 33.8 Å². The molecule has 0 spiro atoms. The number of amides is 1. The van der Waals surface area contributed by atoms with Crippen molar-refractivity contribution in [2.24, 2.45) is 0 Å². The van der Waals surface area contributed by atoms with E-state index < -0.39 is 6.29 Å². The predicted molar refractivity (Wildman–Crippen MR) is 66.6 cm³/mol. The van der Waals surface area contributed by atoms with Crippen molar-refractivity contribution in [1.29, 1.82) is 0 Å². The third-order valence-electron chi connectivity index (χ3n) is 2.13. The largest absolute Gasteiger partial charge is 0.354 e. The quantitative estimate of drug-likeness (QED) is 0.841. The zero-order valence-electron chi connectivity index (χ0n) is 9.50. The van der Waals surface area contributed by atoms with E-state index in [1.807, 2.05) is 0 Å². The molecule has 0 atom stereocenters. The molecule has 6 heteroatoms. The summed E-state index contributed by atoms with van der Waals surface area (Å²) in [5.74, 6) is -0.323. The maximum atomic E-state index is 11.8. The lowest BCUT2D eigenvalue weighted by molar-refractivity contribution is -0.0974. The van der Waals surface area contributed by atoms with E-state index in [0.717, 1.165) is 0 Å². The summed E-state index contributed by atoms with van der Waals surface area (Å²) in [6.07, 6.45) is -0.489. The summed E-state index contributed by atoms with van der Waals surface area (Å²) in [4.78, 5) is 11.8. The van der Waals surface area contributed by atoms with Gasteiger partial charge in [0.05, 0.1) is 17.1 Å². The zero-order valence-corrected chi connectivity index (χ0v) is 11.0. The van der Waals surface area contributed by atoms with Gasteiger partial charge in [-0.25, -0.2) is 0 Å². The molecule has 4 nitrogen and oxygen atoms in total. The third-order valence-corrected chi connectivity index (χ3v) is 2.69. The molecule has 1 rings (SSSR count). The highest BCUT2D eigenvalue weighted by Crippen LogP contribution is 2.20. The molecular weight excluding hydrogens is 265 g/mol. The maximum Gasteiger partial charge on any atom is 0.253 e. The smallest absolute Gasteiger partial charge is 0.253 e. The van der Waals surface area contributed by atoms with E-state index in [1.165, 1.54) is 20.3 Å². The van der Waals surface area contributed by atoms with E-state index in [9.17, 15) is 4.79 Å². The van der Waals surface area contributed by atoms with Crippen LogP contribution in [0.15, 0.2) is 18.2 Å². The fourth-order valence-corrected chi connectivity index (χ4v) is 1.58. The molecule has 0 bridgehead atoms. The van der Waals surface area contributed by atoms with Gasteiger partial charge in [-0.05, 0) is 18.2 Å². The fourth-order valence-electron chi connectivity index (χ4n) is 1.21. The van der Waals surface area contributed by atoms with E-state index in [4.69, 9.17) is 32.7 Å². The number of hydrogen-bond acceptors (Lipinski definition) is 3. The molecule has 0 saturated heterocycles. The van der Waals surface area contributed by atoms with E-state index in [2.05, 4.69) is 5.32 Å². The lowest BCUT2D eigenvalue weighted by Gasteiger charge is -2.14. The Morgan fingerprint density at radius 3 is 2.59 bits per heavy atom. The summed E-state index contributed by atoms with van der Waals surface area (Å²) in [6, 6.07) is 4.70. The Morgan fingerprint density at radius 2 is 2.00 bits per heavy atom. The summed E-state index contributed by atoms with van der Waals surface area (Å²) in [5.41, 5.74) is 0.324. The number of benzene rings is 1. The lowest BCUT2D eigenvalue weighted by atomic mass is 10.2. The highest BCUT2D eigenvalue weighted by molar-refractivity contribution is 6.35. The predicted octanol–water partition coefficient (Wildman–Crippen LogP) is 2.34. The van der Waals surface area contributed by atoms with Crippen LogP contribution in [0.5, 0.6) is 0 Å². The van der Waals surface area contributed by atoms with Crippen molar-refractivity contribution in [1.82, 2.24) is 5.32 Å². The Labute approximate surface area is 110 Å². The first kappa shape index (κ1) is 14.3. The van der Waals surface area contributed by atoms with Gasteiger partial charge in [-0.3, -0.25) is 4.79 Å². The molecule has 0 aliphatic heterocycles. The number of rotatable bonds is 5. The summed E-state index contributed by atoms with van der Waals surface area (Å²) in [7, 11) is 2.99. The second-order valence-corrected chi connectivity index (χ2v) is 4.08. The van der Waals surface area contributed by atoms with E-state index in [-0.39, 0.29) is 12.5 Å². The van der Waals surface area contributed by atoms with Crippen molar-refractivity contribution in [3.63, 3.8) is 0 Å². The molecule has 1 aromatic carbocycles. The summed E-state index contributed by atoms with van der Waals surface area (Å²) in [6.45, 7) is 0.231. The number of methoxy groups -OCH3 is 2. The van der Waals surface area contributed by atoms with E-state index in [0.29, 0.717) is 15.6 Å². The summed E-state index contributed by atoms with van der Waals surface area (Å²) >= 11 is 11.7. The normalized spacial score (nSPS) is 10.6. The van der Waals surface area contributed by atoms with Crippen molar-refractivity contribution < 1.29 is 14.3 Å². The average Bonchev–Trinajstić information content (AvgIpc) is 2.33. The van der Waals surface area contributed by atoms with Crippen LogP contribution in [0.3, 0.4) is 0 Å². The van der Waals surface area contributed by atoms with Crippen LogP contribution in [0, 0.1) is 0 Å². The van der Waals surface area contributed by atoms with Crippen molar-refractivity contribution >= 4 is 29.1 Å². The third kappa shape index (κ3) is 4.16. The molecule has 0 aliphatic rings. The van der Waals surface area contributed by atoms with E-state index >= 15 is 0 Å². The first-order valence-electron chi connectivity index (χ1n) is 4.87. The summed E-state index contributed by atoms with van der Waals surface area (Å²) < 4.78 is 9.89. The first-order chi connectivity index (χ1) is 8.08. The van der Waals surface area contributed by atoms with Crippen LogP contribution >= 0.6 is 23.2 Å². The van der Waals surface area contributed by atoms with Gasteiger partial charge in [0, 0.05) is 19.2 Å². The van der Waals surface area contributed by atoms with Crippen LogP contribution in [-0.4, -0.2) is 33.0 Å². The number of ether oxygens (including phenoxy) is 2. The highest BCUT2D eigenvalue weighted by Gasteiger charge is 2.13. The van der Waals surface area contributed by atoms with Crippen molar-refractivity contribution in [3.8, 4) is 0 Å². The zero-order chi connectivity index (χ0) is 12.8. The minimum atomic E-state index is -0.489. The van der Waals surface area contributed by atoms with Gasteiger partial charge >= 0.3 is 0 Å². The van der Waals surface area contributed by atoms with Gasteiger partial charge in [-0.2, -0.15) is 0 Å². The Kier molecular flexibility index (Phi) is 5.71. The van der Waals surface area contributed by atoms with Crippen LogP contribution < -0.4 is 5.32 Å². The molecule has 0 fully saturated rings. The van der Waals surface area contributed by atoms with Gasteiger partial charge in [-0.15, -0.1) is 0 Å². The van der Waals surface area contributed by atoms with Gasteiger partial charge in [0.15, 0.2) is 6.29 Å². The maximum absolute atomic E-state index is 11.8. The molecule has 0 aliphatic carbocycles. The minimum absolute atomic E-state index is 0.231. The Morgan fingerprint density at radius 1 is 1.35 bits per heavy atom. The summed E-state index contributed by atoms with van der Waals surface area (Å²) in [5, 5.41) is 3.44. The van der Waals surface area contributed by atoms with E-state index in [1.54, 1.807) is 12.1 Å². The number of hydrogen-bond donors (Lipinski definition) is 1. The molecule has 0 aromatic heterocycles. The second-order valence-electron chi connectivity index (χ2n) is 3.24. The average molecular weight is 278 g/mol. The second kappa shape index (κ2) is 6.81. The van der Waals surface area contributed by atoms with Gasteiger partial charge < -0.3 is 14.8 Å². The lowest BCUT2D eigenvalue weighted by Crippen LogP contribution is -2.34. The number of nitrogens with one attached hydrogen (secondary N) is 1. The number of carbonyl (C=O) groups excluding carboxylic acids is 1. The molecule has 0 radical (unpaired) electrons. The molecule has 0 heterocycles. The van der Waals surface area contributed by atoms with Crippen LogP contribution in [0.1, 0.15) is 10.4 Å². The fraction of sp³-hybridized carbons (Fsp3) is 0.364. The molecule has 1 amide bonds. The van der Waals surface area contributed by atoms with Gasteiger partial charge in [-0.1, -0.05) is 23.2 Å². The number of carbonyl (C=O) groups is 1. The molecule has 1 aromatic rings. The monoisotopic (exact) mass is 277 g/mol. The molecule has 17 heavy (non-hydrogen) atoms. The molecule has 0 saturated carbocycles. The Balaban J connectivity index is 2.66. The topological polar surface area (TPSA) is 47.6 Å². The molecule has 94 valence electrons. The van der Waals surface area contributed by atoms with Crippen LogP contribution in [0.25, 0.3) is 0 Å². The van der Waals surface area contributed by atoms with Crippen LogP contribution in [0.4, 0.5) is 0 Å². The molecular formula is C11H13Cl2NO3. The van der Waals surface area contributed by atoms with Crippen LogP contribution in [-0.2, 0) is 9.47 Å². The van der Waals surface area contributed by atoms with Crippen molar-refractivity contribution in [2.45, 2.75) is 6.29 Å². The molecule has 0 unspecified atom stereocenters. The highest BCUT2D eigenvalue weighted by atomic mass is 35.5.